The number of aliphatic hydroxyl groups excluding tert-OH is 1. The zero-order valence-electron chi connectivity index (χ0n) is 20.1. The molecule has 182 valence electrons. The highest BCUT2D eigenvalue weighted by Gasteiger charge is 2.25. The summed E-state index contributed by atoms with van der Waals surface area (Å²) in [5.74, 6) is 0.271. The maximum absolute atomic E-state index is 12.7. The summed E-state index contributed by atoms with van der Waals surface area (Å²) < 4.78 is 0. The van der Waals surface area contributed by atoms with Gasteiger partial charge in [0.05, 0.1) is 6.10 Å². The SMILES string of the molecule is CC(=O)N1CCC(Cc2cc(C(=O)NC[C@H](O)CN3CCc4ccccc4C3C)ncn2)CC1. The van der Waals surface area contributed by atoms with Gasteiger partial charge in [0.25, 0.3) is 5.91 Å². The van der Waals surface area contributed by atoms with E-state index < -0.39 is 6.10 Å². The summed E-state index contributed by atoms with van der Waals surface area (Å²) in [4.78, 5) is 36.8. The average molecular weight is 466 g/mol. The summed E-state index contributed by atoms with van der Waals surface area (Å²) in [6, 6.07) is 10.4. The number of nitrogens with one attached hydrogen (secondary N) is 1. The Hall–Kier alpha value is -2.84. The number of carbonyl (C=O) groups excluding carboxylic acids is 2. The topological polar surface area (TPSA) is 98.7 Å². The van der Waals surface area contributed by atoms with Crippen molar-refractivity contribution < 1.29 is 14.7 Å². The molecule has 34 heavy (non-hydrogen) atoms. The normalized spacial score (nSPS) is 20.0. The predicted octanol–water partition coefficient (Wildman–Crippen LogP) is 1.99. The van der Waals surface area contributed by atoms with Gasteiger partial charge in [0.1, 0.15) is 12.0 Å². The molecule has 2 amide bonds. The lowest BCUT2D eigenvalue weighted by Crippen LogP contribution is -2.43. The molecule has 2 atom stereocenters. The molecule has 1 aromatic heterocycles. The Balaban J connectivity index is 1.25. The van der Waals surface area contributed by atoms with Gasteiger partial charge in [-0.25, -0.2) is 9.97 Å². The van der Waals surface area contributed by atoms with E-state index in [1.807, 2.05) is 4.90 Å². The third-order valence-corrected chi connectivity index (χ3v) is 7.18. The van der Waals surface area contributed by atoms with Crippen molar-refractivity contribution in [3.63, 3.8) is 0 Å². The van der Waals surface area contributed by atoms with Crippen LogP contribution in [-0.4, -0.2) is 75.5 Å². The molecule has 0 radical (unpaired) electrons. The van der Waals surface area contributed by atoms with Gasteiger partial charge in [-0.1, -0.05) is 24.3 Å². The zero-order valence-corrected chi connectivity index (χ0v) is 20.1. The average Bonchev–Trinajstić information content (AvgIpc) is 2.85. The van der Waals surface area contributed by atoms with Crippen molar-refractivity contribution in [1.29, 1.82) is 0 Å². The van der Waals surface area contributed by atoms with Crippen LogP contribution in [0.15, 0.2) is 36.7 Å². The Morgan fingerprint density at radius 3 is 2.71 bits per heavy atom. The standard InChI is InChI=1S/C26H35N5O3/c1-18-24-6-4-3-5-21(24)9-12-31(18)16-23(33)15-27-26(34)25-14-22(28-17-29-25)13-20-7-10-30(11-8-20)19(2)32/h3-6,14,17-18,20,23,33H,7-13,15-16H2,1-2H3,(H,27,34)/t18?,23-/m0/s1. The quantitative estimate of drug-likeness (QED) is 0.649. The minimum Gasteiger partial charge on any atom is -0.390 e. The van der Waals surface area contributed by atoms with Gasteiger partial charge in [-0.2, -0.15) is 0 Å². The molecule has 2 aromatic rings. The molecule has 4 rings (SSSR count). The van der Waals surface area contributed by atoms with E-state index in [0.717, 1.165) is 51.0 Å². The number of nitrogens with zero attached hydrogens (tertiary/aromatic N) is 4. The van der Waals surface area contributed by atoms with Gasteiger partial charge in [-0.15, -0.1) is 0 Å². The largest absolute Gasteiger partial charge is 0.390 e. The molecule has 1 fully saturated rings. The van der Waals surface area contributed by atoms with Crippen LogP contribution < -0.4 is 5.32 Å². The number of carbonyl (C=O) groups is 2. The monoisotopic (exact) mass is 465 g/mol. The van der Waals surface area contributed by atoms with Gasteiger partial charge in [-0.3, -0.25) is 14.5 Å². The van der Waals surface area contributed by atoms with Crippen LogP contribution >= 0.6 is 0 Å². The fraction of sp³-hybridized carbons (Fsp3) is 0.538. The molecule has 0 spiro atoms. The summed E-state index contributed by atoms with van der Waals surface area (Å²) >= 11 is 0. The first-order valence-electron chi connectivity index (χ1n) is 12.2. The lowest BCUT2D eigenvalue weighted by molar-refractivity contribution is -0.130. The van der Waals surface area contributed by atoms with E-state index in [1.54, 1.807) is 13.0 Å². The van der Waals surface area contributed by atoms with Gasteiger partial charge >= 0.3 is 0 Å². The van der Waals surface area contributed by atoms with Crippen LogP contribution in [0.3, 0.4) is 0 Å². The lowest BCUT2D eigenvalue weighted by atomic mass is 9.92. The highest BCUT2D eigenvalue weighted by Crippen LogP contribution is 2.29. The number of hydrogen-bond donors (Lipinski definition) is 2. The molecule has 1 unspecified atom stereocenters. The number of likely N-dealkylation sites (tertiary alicyclic amines) is 1. The fourth-order valence-corrected chi connectivity index (χ4v) is 5.09. The molecular formula is C26H35N5O3. The van der Waals surface area contributed by atoms with Crippen LogP contribution in [0, 0.1) is 5.92 Å². The highest BCUT2D eigenvalue weighted by atomic mass is 16.3. The van der Waals surface area contributed by atoms with E-state index in [0.29, 0.717) is 18.2 Å². The summed E-state index contributed by atoms with van der Waals surface area (Å²) in [5, 5.41) is 13.4. The Morgan fingerprint density at radius 2 is 1.94 bits per heavy atom. The molecule has 1 aromatic carbocycles. The Morgan fingerprint density at radius 1 is 1.18 bits per heavy atom. The number of amides is 2. The molecule has 1 saturated heterocycles. The van der Waals surface area contributed by atoms with E-state index in [9.17, 15) is 14.7 Å². The van der Waals surface area contributed by atoms with Crippen molar-refractivity contribution in [3.05, 3.63) is 59.2 Å². The number of rotatable bonds is 7. The molecule has 2 N–H and O–H groups in total. The van der Waals surface area contributed by atoms with E-state index in [4.69, 9.17) is 0 Å². The van der Waals surface area contributed by atoms with Gasteiger partial charge in [0.15, 0.2) is 0 Å². The molecule has 8 heteroatoms. The molecule has 3 heterocycles. The molecule has 2 aliphatic heterocycles. The van der Waals surface area contributed by atoms with E-state index in [-0.39, 0.29) is 24.4 Å². The predicted molar refractivity (Wildman–Crippen MR) is 129 cm³/mol. The van der Waals surface area contributed by atoms with Crippen LogP contribution in [0.5, 0.6) is 0 Å². The number of aromatic nitrogens is 2. The van der Waals surface area contributed by atoms with Crippen LogP contribution in [0.25, 0.3) is 0 Å². The third kappa shape index (κ3) is 5.98. The van der Waals surface area contributed by atoms with Crippen LogP contribution in [0.2, 0.25) is 0 Å². The molecule has 0 bridgehead atoms. The van der Waals surface area contributed by atoms with Crippen LogP contribution in [0.4, 0.5) is 0 Å². The first-order valence-corrected chi connectivity index (χ1v) is 12.2. The second kappa shape index (κ2) is 11.1. The van der Waals surface area contributed by atoms with Crippen molar-refractivity contribution in [2.75, 3.05) is 32.7 Å². The maximum Gasteiger partial charge on any atom is 0.270 e. The molecule has 0 saturated carbocycles. The Bertz CT molecular complexity index is 1010. The van der Waals surface area contributed by atoms with E-state index in [1.165, 1.54) is 17.5 Å². The van der Waals surface area contributed by atoms with Crippen molar-refractivity contribution in [2.45, 2.75) is 51.7 Å². The third-order valence-electron chi connectivity index (χ3n) is 7.18. The van der Waals surface area contributed by atoms with Crippen LogP contribution in [0.1, 0.15) is 60.0 Å². The minimum absolute atomic E-state index is 0.126. The summed E-state index contributed by atoms with van der Waals surface area (Å²) in [6.45, 7) is 6.89. The number of hydrogen-bond acceptors (Lipinski definition) is 6. The molecule has 2 aliphatic rings. The fourth-order valence-electron chi connectivity index (χ4n) is 5.09. The number of aliphatic hydroxyl groups is 1. The van der Waals surface area contributed by atoms with Gasteiger partial charge < -0.3 is 15.3 Å². The zero-order chi connectivity index (χ0) is 24.1. The smallest absolute Gasteiger partial charge is 0.270 e. The first-order chi connectivity index (χ1) is 16.4. The van der Waals surface area contributed by atoms with Crippen molar-refractivity contribution in [1.82, 2.24) is 25.1 Å². The van der Waals surface area contributed by atoms with E-state index >= 15 is 0 Å². The highest BCUT2D eigenvalue weighted by molar-refractivity contribution is 5.92. The van der Waals surface area contributed by atoms with Crippen molar-refractivity contribution in [2.24, 2.45) is 5.92 Å². The molecule has 0 aliphatic carbocycles. The second-order valence-corrected chi connectivity index (χ2v) is 9.53. The van der Waals surface area contributed by atoms with Crippen molar-refractivity contribution in [3.8, 4) is 0 Å². The van der Waals surface area contributed by atoms with Crippen molar-refractivity contribution >= 4 is 11.8 Å². The Labute approximate surface area is 201 Å². The minimum atomic E-state index is -0.663. The first kappa shape index (κ1) is 24.3. The molecular weight excluding hydrogens is 430 g/mol. The maximum atomic E-state index is 12.7. The summed E-state index contributed by atoms with van der Waals surface area (Å²) in [6.07, 6.45) is 4.39. The lowest BCUT2D eigenvalue weighted by Gasteiger charge is -2.36. The second-order valence-electron chi connectivity index (χ2n) is 9.53. The summed E-state index contributed by atoms with van der Waals surface area (Å²) in [7, 11) is 0. The number of piperidine rings is 1. The van der Waals surface area contributed by atoms with Gasteiger partial charge in [0.2, 0.25) is 5.91 Å². The number of benzene rings is 1. The number of fused-ring (bicyclic) bond motifs is 1. The number of β-amino-alcohol motifs (C(OH)–C–C–N with tert-alkyl or cyclic N) is 1. The van der Waals surface area contributed by atoms with E-state index in [2.05, 4.69) is 51.4 Å². The summed E-state index contributed by atoms with van der Waals surface area (Å²) in [5.41, 5.74) is 3.84. The van der Waals surface area contributed by atoms with Gasteiger partial charge in [0, 0.05) is 51.4 Å². The van der Waals surface area contributed by atoms with Crippen LogP contribution in [-0.2, 0) is 17.6 Å². The molecule has 8 nitrogen and oxygen atoms in total. The Kier molecular flexibility index (Phi) is 7.90. The van der Waals surface area contributed by atoms with Gasteiger partial charge in [-0.05, 0) is 55.7 Å².